The standard InChI is InChI=1S/C13H9FN2O3/c14-11-7-6-9(8-12(11)16(18)19)13(17)15-10-4-2-1-3-5-10/h1-8H,(H,15,17). The van der Waals surface area contributed by atoms with E-state index in [1.165, 1.54) is 6.07 Å². The maximum atomic E-state index is 13.1. The quantitative estimate of drug-likeness (QED) is 0.681. The van der Waals surface area contributed by atoms with E-state index in [2.05, 4.69) is 5.32 Å². The van der Waals surface area contributed by atoms with Crippen molar-refractivity contribution < 1.29 is 14.1 Å². The van der Waals surface area contributed by atoms with Gasteiger partial charge in [0.05, 0.1) is 4.92 Å². The van der Waals surface area contributed by atoms with Crippen LogP contribution in [0.25, 0.3) is 0 Å². The van der Waals surface area contributed by atoms with Gasteiger partial charge in [-0.1, -0.05) is 18.2 Å². The van der Waals surface area contributed by atoms with Crippen LogP contribution in [-0.2, 0) is 0 Å². The lowest BCUT2D eigenvalue weighted by Crippen LogP contribution is -2.12. The zero-order chi connectivity index (χ0) is 13.8. The van der Waals surface area contributed by atoms with Gasteiger partial charge in [0.15, 0.2) is 0 Å². The van der Waals surface area contributed by atoms with Gasteiger partial charge in [0.25, 0.3) is 5.91 Å². The summed E-state index contributed by atoms with van der Waals surface area (Å²) in [5.41, 5.74) is -0.142. The predicted octanol–water partition coefficient (Wildman–Crippen LogP) is 2.99. The molecule has 0 fully saturated rings. The van der Waals surface area contributed by atoms with E-state index in [-0.39, 0.29) is 5.56 Å². The second-order valence-corrected chi connectivity index (χ2v) is 3.74. The molecule has 0 unspecified atom stereocenters. The van der Waals surface area contributed by atoms with Gasteiger partial charge in [-0.3, -0.25) is 14.9 Å². The second-order valence-electron chi connectivity index (χ2n) is 3.74. The number of para-hydroxylation sites is 1. The summed E-state index contributed by atoms with van der Waals surface area (Å²) in [6.07, 6.45) is 0. The molecule has 96 valence electrons. The summed E-state index contributed by atoms with van der Waals surface area (Å²) in [6, 6.07) is 11.6. The van der Waals surface area contributed by atoms with E-state index in [0.717, 1.165) is 12.1 Å². The van der Waals surface area contributed by atoms with Crippen molar-refractivity contribution in [3.63, 3.8) is 0 Å². The van der Waals surface area contributed by atoms with E-state index in [1.807, 2.05) is 0 Å². The van der Waals surface area contributed by atoms with Crippen LogP contribution in [0.2, 0.25) is 0 Å². The molecular formula is C13H9FN2O3. The van der Waals surface area contributed by atoms with Gasteiger partial charge in [-0.25, -0.2) is 0 Å². The largest absolute Gasteiger partial charge is 0.322 e. The van der Waals surface area contributed by atoms with Gasteiger partial charge < -0.3 is 5.32 Å². The number of amides is 1. The predicted molar refractivity (Wildman–Crippen MR) is 67.4 cm³/mol. The van der Waals surface area contributed by atoms with Crippen LogP contribution in [0.15, 0.2) is 48.5 Å². The minimum absolute atomic E-state index is 0.0250. The van der Waals surface area contributed by atoms with Crippen LogP contribution >= 0.6 is 0 Å². The fourth-order valence-electron chi connectivity index (χ4n) is 1.52. The van der Waals surface area contributed by atoms with Crippen LogP contribution in [0.1, 0.15) is 10.4 Å². The van der Waals surface area contributed by atoms with E-state index in [0.29, 0.717) is 5.69 Å². The highest BCUT2D eigenvalue weighted by atomic mass is 19.1. The third-order valence-corrected chi connectivity index (χ3v) is 2.44. The van der Waals surface area contributed by atoms with Crippen molar-refractivity contribution in [1.82, 2.24) is 0 Å². The Hall–Kier alpha value is -2.76. The lowest BCUT2D eigenvalue weighted by Gasteiger charge is -2.05. The number of carbonyl (C=O) groups is 1. The van der Waals surface area contributed by atoms with E-state index in [9.17, 15) is 19.3 Å². The molecule has 0 aliphatic carbocycles. The molecule has 6 heteroatoms. The van der Waals surface area contributed by atoms with Crippen LogP contribution in [0.3, 0.4) is 0 Å². The molecule has 2 aromatic carbocycles. The lowest BCUT2D eigenvalue weighted by molar-refractivity contribution is -0.387. The number of rotatable bonds is 3. The smallest absolute Gasteiger partial charge is 0.305 e. The first-order valence-electron chi connectivity index (χ1n) is 5.38. The Morgan fingerprint density at radius 2 is 1.84 bits per heavy atom. The molecule has 0 bridgehead atoms. The molecule has 2 rings (SSSR count). The van der Waals surface area contributed by atoms with E-state index >= 15 is 0 Å². The molecule has 0 saturated heterocycles. The van der Waals surface area contributed by atoms with Crippen molar-refractivity contribution >= 4 is 17.3 Å². The number of nitrogens with one attached hydrogen (secondary N) is 1. The van der Waals surface area contributed by atoms with Gasteiger partial charge >= 0.3 is 5.69 Å². The summed E-state index contributed by atoms with van der Waals surface area (Å²) in [6.45, 7) is 0. The highest BCUT2D eigenvalue weighted by Gasteiger charge is 2.17. The maximum Gasteiger partial charge on any atom is 0.305 e. The van der Waals surface area contributed by atoms with Crippen molar-refractivity contribution in [3.8, 4) is 0 Å². The fourth-order valence-corrected chi connectivity index (χ4v) is 1.52. The normalized spacial score (nSPS) is 9.95. The Kier molecular flexibility index (Phi) is 3.51. The molecule has 19 heavy (non-hydrogen) atoms. The van der Waals surface area contributed by atoms with E-state index in [1.54, 1.807) is 30.3 Å². The van der Waals surface area contributed by atoms with Gasteiger partial charge in [0, 0.05) is 17.3 Å². The molecule has 0 aliphatic rings. The van der Waals surface area contributed by atoms with Crippen molar-refractivity contribution in [2.75, 3.05) is 5.32 Å². The molecule has 5 nitrogen and oxygen atoms in total. The molecule has 0 radical (unpaired) electrons. The SMILES string of the molecule is O=C(Nc1ccccc1)c1ccc(F)c([N+](=O)[O-])c1. The van der Waals surface area contributed by atoms with Gasteiger partial charge in [-0.2, -0.15) is 4.39 Å². The Labute approximate surface area is 107 Å². The average Bonchev–Trinajstić information content (AvgIpc) is 2.40. The van der Waals surface area contributed by atoms with Gasteiger partial charge in [-0.15, -0.1) is 0 Å². The molecule has 0 heterocycles. The molecule has 0 aromatic heterocycles. The fraction of sp³-hybridized carbons (Fsp3) is 0. The lowest BCUT2D eigenvalue weighted by atomic mass is 10.1. The molecule has 0 saturated carbocycles. The molecule has 1 amide bonds. The van der Waals surface area contributed by atoms with Crippen molar-refractivity contribution in [1.29, 1.82) is 0 Å². The van der Waals surface area contributed by atoms with Crippen molar-refractivity contribution in [2.45, 2.75) is 0 Å². The van der Waals surface area contributed by atoms with Gasteiger partial charge in [0.1, 0.15) is 0 Å². The highest BCUT2D eigenvalue weighted by Crippen LogP contribution is 2.19. The van der Waals surface area contributed by atoms with Crippen molar-refractivity contribution in [2.24, 2.45) is 0 Å². The molecule has 1 N–H and O–H groups in total. The monoisotopic (exact) mass is 260 g/mol. The van der Waals surface area contributed by atoms with Crippen LogP contribution < -0.4 is 5.32 Å². The third kappa shape index (κ3) is 2.92. The van der Waals surface area contributed by atoms with Crippen LogP contribution in [-0.4, -0.2) is 10.8 Å². The molecule has 0 atom stereocenters. The maximum absolute atomic E-state index is 13.1. The van der Waals surface area contributed by atoms with E-state index in [4.69, 9.17) is 0 Å². The number of halogens is 1. The van der Waals surface area contributed by atoms with Gasteiger partial charge in [0.2, 0.25) is 5.82 Å². The van der Waals surface area contributed by atoms with Crippen molar-refractivity contribution in [3.05, 3.63) is 70.0 Å². The van der Waals surface area contributed by atoms with Crippen LogP contribution in [0.5, 0.6) is 0 Å². The number of benzene rings is 2. The third-order valence-electron chi connectivity index (χ3n) is 2.44. The number of hydrogen-bond acceptors (Lipinski definition) is 3. The Bertz CT molecular complexity index is 629. The summed E-state index contributed by atoms with van der Waals surface area (Å²) >= 11 is 0. The summed E-state index contributed by atoms with van der Waals surface area (Å²) in [5.74, 6) is -1.50. The minimum Gasteiger partial charge on any atom is -0.322 e. The zero-order valence-corrected chi connectivity index (χ0v) is 9.67. The van der Waals surface area contributed by atoms with Crippen LogP contribution in [0, 0.1) is 15.9 Å². The number of nitrogens with zero attached hydrogens (tertiary/aromatic N) is 1. The Balaban J connectivity index is 2.25. The summed E-state index contributed by atoms with van der Waals surface area (Å²) in [5, 5.41) is 13.1. The summed E-state index contributed by atoms with van der Waals surface area (Å²) < 4.78 is 13.1. The summed E-state index contributed by atoms with van der Waals surface area (Å²) in [7, 11) is 0. The topological polar surface area (TPSA) is 72.2 Å². The molecule has 2 aromatic rings. The Morgan fingerprint density at radius 3 is 2.47 bits per heavy atom. The second kappa shape index (κ2) is 5.26. The number of carbonyl (C=O) groups excluding carboxylic acids is 1. The first-order valence-corrected chi connectivity index (χ1v) is 5.38. The number of anilines is 1. The number of hydrogen-bond donors (Lipinski definition) is 1. The molecule has 0 spiro atoms. The first kappa shape index (κ1) is 12.7. The highest BCUT2D eigenvalue weighted by molar-refractivity contribution is 6.04. The summed E-state index contributed by atoms with van der Waals surface area (Å²) in [4.78, 5) is 21.6. The van der Waals surface area contributed by atoms with Crippen LogP contribution in [0.4, 0.5) is 15.8 Å². The molecular weight excluding hydrogens is 251 g/mol. The van der Waals surface area contributed by atoms with Gasteiger partial charge in [-0.05, 0) is 24.3 Å². The number of nitro groups is 1. The Morgan fingerprint density at radius 1 is 1.16 bits per heavy atom. The molecule has 0 aliphatic heterocycles. The first-order chi connectivity index (χ1) is 9.08. The zero-order valence-electron chi connectivity index (χ0n) is 9.67. The average molecular weight is 260 g/mol. The number of nitro benzene ring substituents is 1. The van der Waals surface area contributed by atoms with E-state index < -0.39 is 22.3 Å². The minimum atomic E-state index is -0.971.